The monoisotopic (exact) mass is 266 g/mol. The Kier molecular flexibility index (Phi) is 4.63. The topological polar surface area (TPSA) is 113 Å². The van der Waals surface area contributed by atoms with E-state index in [9.17, 15) is 14.7 Å². The van der Waals surface area contributed by atoms with Crippen LogP contribution in [-0.4, -0.2) is 33.7 Å². The first-order chi connectivity index (χ1) is 8.73. The van der Waals surface area contributed by atoms with Crippen LogP contribution in [0.2, 0.25) is 0 Å². The number of hydrogen-bond acceptors (Lipinski definition) is 4. The van der Waals surface area contributed by atoms with Gasteiger partial charge in [-0.25, -0.2) is 0 Å². The number of carbonyl (C=O) groups excluding carboxylic acids is 1. The zero-order valence-corrected chi connectivity index (χ0v) is 10.8. The minimum absolute atomic E-state index is 0.517. The number of rotatable bonds is 5. The molecular formula is C13H18N2O4. The van der Waals surface area contributed by atoms with Gasteiger partial charge in [0.05, 0.1) is 5.60 Å². The van der Waals surface area contributed by atoms with E-state index in [0.29, 0.717) is 5.69 Å². The molecule has 6 heteroatoms. The summed E-state index contributed by atoms with van der Waals surface area (Å²) < 4.78 is 0. The second-order valence-electron chi connectivity index (χ2n) is 4.85. The zero-order valence-electron chi connectivity index (χ0n) is 10.8. The maximum absolute atomic E-state index is 11.9. The molecule has 1 aromatic carbocycles. The number of benzene rings is 1. The fourth-order valence-corrected chi connectivity index (χ4v) is 1.79. The summed E-state index contributed by atoms with van der Waals surface area (Å²) in [6, 6.07) is 7.21. The summed E-state index contributed by atoms with van der Waals surface area (Å²) >= 11 is 0. The number of carbonyl (C=O) groups is 2. The van der Waals surface area contributed by atoms with Crippen molar-refractivity contribution in [3.8, 4) is 0 Å². The molecule has 2 atom stereocenters. The highest BCUT2D eigenvalue weighted by atomic mass is 16.4. The summed E-state index contributed by atoms with van der Waals surface area (Å²) in [5.41, 5.74) is 4.56. The zero-order chi connectivity index (χ0) is 14.6. The summed E-state index contributed by atoms with van der Waals surface area (Å²) in [6.07, 6.45) is 0. The van der Waals surface area contributed by atoms with Crippen molar-refractivity contribution in [1.29, 1.82) is 0 Å². The van der Waals surface area contributed by atoms with Gasteiger partial charge in [-0.2, -0.15) is 0 Å². The maximum Gasteiger partial charge on any atom is 0.311 e. The van der Waals surface area contributed by atoms with Crippen LogP contribution in [0.25, 0.3) is 0 Å². The van der Waals surface area contributed by atoms with E-state index in [4.69, 9.17) is 10.8 Å². The summed E-state index contributed by atoms with van der Waals surface area (Å²) in [7, 11) is 0. The SMILES string of the molecule is CC(C)(O)C(C(=O)O)[C@H](N)C(=O)Nc1ccccc1. The maximum atomic E-state index is 11.9. The van der Waals surface area contributed by atoms with Crippen molar-refractivity contribution in [1.82, 2.24) is 0 Å². The first-order valence-corrected chi connectivity index (χ1v) is 5.80. The quantitative estimate of drug-likeness (QED) is 0.617. The van der Waals surface area contributed by atoms with Gasteiger partial charge in [0.25, 0.3) is 0 Å². The molecule has 1 unspecified atom stereocenters. The molecule has 0 spiro atoms. The molecule has 0 saturated carbocycles. The molecule has 0 fully saturated rings. The van der Waals surface area contributed by atoms with Crippen molar-refractivity contribution >= 4 is 17.6 Å². The van der Waals surface area contributed by atoms with Gasteiger partial charge in [0.15, 0.2) is 0 Å². The molecule has 0 saturated heterocycles. The Morgan fingerprint density at radius 2 is 1.79 bits per heavy atom. The van der Waals surface area contributed by atoms with Gasteiger partial charge < -0.3 is 21.3 Å². The van der Waals surface area contributed by atoms with Gasteiger partial charge in [-0.1, -0.05) is 18.2 Å². The second-order valence-corrected chi connectivity index (χ2v) is 4.85. The molecular weight excluding hydrogens is 248 g/mol. The molecule has 0 heterocycles. The van der Waals surface area contributed by atoms with E-state index < -0.39 is 29.4 Å². The number of aliphatic hydroxyl groups is 1. The summed E-state index contributed by atoms with van der Waals surface area (Å²) in [4.78, 5) is 23.0. The molecule has 19 heavy (non-hydrogen) atoms. The highest BCUT2D eigenvalue weighted by molar-refractivity contribution is 5.97. The van der Waals surface area contributed by atoms with Crippen LogP contribution in [0.15, 0.2) is 30.3 Å². The third-order valence-electron chi connectivity index (χ3n) is 2.73. The van der Waals surface area contributed by atoms with Gasteiger partial charge in [-0.05, 0) is 26.0 Å². The van der Waals surface area contributed by atoms with Gasteiger partial charge in [0.2, 0.25) is 5.91 Å². The van der Waals surface area contributed by atoms with Crippen LogP contribution < -0.4 is 11.1 Å². The Morgan fingerprint density at radius 3 is 2.21 bits per heavy atom. The molecule has 1 amide bonds. The smallest absolute Gasteiger partial charge is 0.311 e. The van der Waals surface area contributed by atoms with Crippen molar-refractivity contribution < 1.29 is 19.8 Å². The van der Waals surface area contributed by atoms with Crippen molar-refractivity contribution in [2.75, 3.05) is 5.32 Å². The molecule has 0 aliphatic carbocycles. The Hall–Kier alpha value is -1.92. The highest BCUT2D eigenvalue weighted by Gasteiger charge is 2.41. The lowest BCUT2D eigenvalue weighted by Crippen LogP contribution is -2.53. The van der Waals surface area contributed by atoms with Crippen LogP contribution >= 0.6 is 0 Å². The van der Waals surface area contributed by atoms with Crippen LogP contribution in [0.5, 0.6) is 0 Å². The van der Waals surface area contributed by atoms with E-state index in [2.05, 4.69) is 5.32 Å². The molecule has 0 aliphatic rings. The number of nitrogens with one attached hydrogen (secondary N) is 1. The van der Waals surface area contributed by atoms with Crippen LogP contribution in [0.3, 0.4) is 0 Å². The minimum Gasteiger partial charge on any atom is -0.481 e. The predicted molar refractivity (Wildman–Crippen MR) is 70.5 cm³/mol. The van der Waals surface area contributed by atoms with Gasteiger partial charge >= 0.3 is 5.97 Å². The molecule has 1 aromatic rings. The normalized spacial score (nSPS) is 14.5. The highest BCUT2D eigenvalue weighted by Crippen LogP contribution is 2.20. The second kappa shape index (κ2) is 5.81. The molecule has 5 N–H and O–H groups in total. The van der Waals surface area contributed by atoms with Gasteiger partial charge in [-0.3, -0.25) is 9.59 Å². The Labute approximate surface area is 111 Å². The molecule has 0 bridgehead atoms. The fraction of sp³-hybridized carbons (Fsp3) is 0.385. The number of para-hydroxylation sites is 1. The van der Waals surface area contributed by atoms with E-state index in [-0.39, 0.29) is 0 Å². The van der Waals surface area contributed by atoms with E-state index in [0.717, 1.165) is 0 Å². The Balaban J connectivity index is 2.83. The van der Waals surface area contributed by atoms with Crippen molar-refractivity contribution in [2.45, 2.75) is 25.5 Å². The largest absolute Gasteiger partial charge is 0.481 e. The third kappa shape index (κ3) is 4.04. The number of carboxylic acid groups (broad SMARTS) is 1. The van der Waals surface area contributed by atoms with Crippen LogP contribution in [0.4, 0.5) is 5.69 Å². The number of carboxylic acids is 1. The molecule has 104 valence electrons. The van der Waals surface area contributed by atoms with Crippen LogP contribution in [0, 0.1) is 5.92 Å². The number of aliphatic carboxylic acids is 1. The predicted octanol–water partition coefficient (Wildman–Crippen LogP) is 0.424. The Morgan fingerprint density at radius 1 is 1.26 bits per heavy atom. The molecule has 1 rings (SSSR count). The molecule has 0 radical (unpaired) electrons. The first kappa shape index (κ1) is 15.1. The van der Waals surface area contributed by atoms with Gasteiger partial charge in [0.1, 0.15) is 12.0 Å². The average molecular weight is 266 g/mol. The lowest BCUT2D eigenvalue weighted by molar-refractivity contribution is -0.153. The fourth-order valence-electron chi connectivity index (χ4n) is 1.79. The lowest BCUT2D eigenvalue weighted by Gasteiger charge is -2.29. The van der Waals surface area contributed by atoms with Crippen molar-refractivity contribution in [3.05, 3.63) is 30.3 Å². The van der Waals surface area contributed by atoms with Crippen LogP contribution in [0.1, 0.15) is 13.8 Å². The van der Waals surface area contributed by atoms with E-state index in [1.54, 1.807) is 30.3 Å². The summed E-state index contributed by atoms with van der Waals surface area (Å²) in [5.74, 6) is -3.36. The van der Waals surface area contributed by atoms with E-state index in [1.807, 2.05) is 0 Å². The third-order valence-corrected chi connectivity index (χ3v) is 2.73. The lowest BCUT2D eigenvalue weighted by atomic mass is 9.84. The first-order valence-electron chi connectivity index (χ1n) is 5.80. The van der Waals surface area contributed by atoms with E-state index in [1.165, 1.54) is 13.8 Å². The van der Waals surface area contributed by atoms with Gasteiger partial charge in [0, 0.05) is 5.69 Å². The molecule has 0 aliphatic heterocycles. The molecule has 6 nitrogen and oxygen atoms in total. The number of anilines is 1. The summed E-state index contributed by atoms with van der Waals surface area (Å²) in [6.45, 7) is 2.61. The molecule has 0 aromatic heterocycles. The number of amides is 1. The number of hydrogen-bond donors (Lipinski definition) is 4. The average Bonchev–Trinajstić information content (AvgIpc) is 2.27. The van der Waals surface area contributed by atoms with Gasteiger partial charge in [-0.15, -0.1) is 0 Å². The van der Waals surface area contributed by atoms with Crippen molar-refractivity contribution in [3.63, 3.8) is 0 Å². The van der Waals surface area contributed by atoms with Crippen molar-refractivity contribution in [2.24, 2.45) is 11.7 Å². The summed E-state index contributed by atoms with van der Waals surface area (Å²) in [5, 5.41) is 21.4. The Bertz CT molecular complexity index is 453. The number of nitrogens with two attached hydrogens (primary N) is 1. The minimum atomic E-state index is -1.60. The van der Waals surface area contributed by atoms with E-state index >= 15 is 0 Å². The van der Waals surface area contributed by atoms with Crippen LogP contribution in [-0.2, 0) is 9.59 Å². The standard InChI is InChI=1S/C13H18N2O4/c1-13(2,19)9(12(17)18)10(14)11(16)15-8-6-4-3-5-7-8/h3-7,9-10,19H,14H2,1-2H3,(H,15,16)(H,17,18)/t9?,10-/m0/s1.